The van der Waals surface area contributed by atoms with Gasteiger partial charge in [0.1, 0.15) is 11.7 Å². The first-order chi connectivity index (χ1) is 11.7. The summed E-state index contributed by atoms with van der Waals surface area (Å²) in [5, 5.41) is 3.75. The number of rotatable bonds is 3. The van der Waals surface area contributed by atoms with E-state index in [9.17, 15) is 9.18 Å². The fourth-order valence-electron chi connectivity index (χ4n) is 3.28. The maximum atomic E-state index is 13.7. The zero-order valence-corrected chi connectivity index (χ0v) is 13.8. The molecule has 2 aromatic rings. The molecular formula is C17H17FN2O3S. The Bertz CT molecular complexity index is 731. The number of carbonyl (C=O) groups is 1. The summed E-state index contributed by atoms with van der Waals surface area (Å²) in [4.78, 5) is 18.0. The summed E-state index contributed by atoms with van der Waals surface area (Å²) in [5.74, 6) is -0.393. The Hall–Kier alpha value is -1.99. The normalized spacial score (nSPS) is 22.2. The van der Waals surface area contributed by atoms with Crippen LogP contribution in [0, 0.1) is 5.82 Å². The number of halogens is 1. The van der Waals surface area contributed by atoms with E-state index >= 15 is 0 Å². The number of thiophene rings is 1. The maximum Gasteiger partial charge on any atom is 0.254 e. The predicted molar refractivity (Wildman–Crippen MR) is 86.8 cm³/mol. The fourth-order valence-corrected chi connectivity index (χ4v) is 3.91. The minimum Gasteiger partial charge on any atom is -0.472 e. The Morgan fingerprint density at radius 3 is 3.08 bits per heavy atom. The number of carbonyl (C=O) groups excluding carboxylic acids is 1. The molecule has 5 nitrogen and oxygen atoms in total. The van der Waals surface area contributed by atoms with E-state index in [0.717, 1.165) is 0 Å². The average molecular weight is 348 g/mol. The van der Waals surface area contributed by atoms with Gasteiger partial charge in [-0.1, -0.05) is 0 Å². The monoisotopic (exact) mass is 348 g/mol. The van der Waals surface area contributed by atoms with Gasteiger partial charge in [-0.2, -0.15) is 11.3 Å². The molecule has 0 bridgehead atoms. The van der Waals surface area contributed by atoms with Gasteiger partial charge in [0.25, 0.3) is 11.8 Å². The van der Waals surface area contributed by atoms with Crippen molar-refractivity contribution in [3.63, 3.8) is 0 Å². The van der Waals surface area contributed by atoms with Crippen LogP contribution in [-0.2, 0) is 4.74 Å². The van der Waals surface area contributed by atoms with Crippen LogP contribution in [-0.4, -0.2) is 47.2 Å². The van der Waals surface area contributed by atoms with Crippen LogP contribution < -0.4 is 4.74 Å². The molecular weight excluding hydrogens is 331 g/mol. The molecule has 24 heavy (non-hydrogen) atoms. The third kappa shape index (κ3) is 2.89. The van der Waals surface area contributed by atoms with Crippen LogP contribution in [0.2, 0.25) is 0 Å². The Kier molecular flexibility index (Phi) is 3.97. The zero-order valence-electron chi connectivity index (χ0n) is 13.0. The Labute approximate surface area is 143 Å². The van der Waals surface area contributed by atoms with Crippen LogP contribution >= 0.6 is 11.3 Å². The molecule has 2 aliphatic heterocycles. The van der Waals surface area contributed by atoms with E-state index in [1.807, 2.05) is 16.8 Å². The molecule has 126 valence electrons. The summed E-state index contributed by atoms with van der Waals surface area (Å²) in [6, 6.07) is 4.70. The number of hydrogen-bond acceptors (Lipinski definition) is 5. The molecule has 2 saturated heterocycles. The second-order valence-electron chi connectivity index (χ2n) is 6.23. The largest absolute Gasteiger partial charge is 0.472 e. The van der Waals surface area contributed by atoms with Crippen LogP contribution in [0.25, 0.3) is 0 Å². The molecule has 0 aromatic carbocycles. The molecule has 1 spiro atoms. The molecule has 0 N–H and O–H groups in total. The van der Waals surface area contributed by atoms with Crippen molar-refractivity contribution in [1.29, 1.82) is 0 Å². The highest BCUT2D eigenvalue weighted by Gasteiger charge is 2.50. The number of ether oxygens (including phenoxy) is 2. The molecule has 1 amide bonds. The molecule has 2 fully saturated rings. The number of pyridine rings is 1. The summed E-state index contributed by atoms with van der Waals surface area (Å²) >= 11 is 1.51. The van der Waals surface area contributed by atoms with Gasteiger partial charge in [0, 0.05) is 24.4 Å². The summed E-state index contributed by atoms with van der Waals surface area (Å²) in [5.41, 5.74) is 0.342. The van der Waals surface area contributed by atoms with E-state index in [0.29, 0.717) is 38.1 Å². The smallest absolute Gasteiger partial charge is 0.254 e. The Morgan fingerprint density at radius 1 is 1.46 bits per heavy atom. The highest BCUT2D eigenvalue weighted by atomic mass is 32.1. The van der Waals surface area contributed by atoms with Gasteiger partial charge in [-0.25, -0.2) is 9.37 Å². The molecule has 2 aliphatic rings. The van der Waals surface area contributed by atoms with Gasteiger partial charge in [0.15, 0.2) is 5.82 Å². The van der Waals surface area contributed by atoms with Crippen molar-refractivity contribution >= 4 is 17.2 Å². The van der Waals surface area contributed by atoms with Crippen LogP contribution in [0.15, 0.2) is 35.2 Å². The van der Waals surface area contributed by atoms with Gasteiger partial charge in [0.05, 0.1) is 25.3 Å². The van der Waals surface area contributed by atoms with E-state index in [4.69, 9.17) is 9.47 Å². The number of aromatic nitrogens is 1. The van der Waals surface area contributed by atoms with Crippen molar-refractivity contribution in [2.75, 3.05) is 19.7 Å². The van der Waals surface area contributed by atoms with Gasteiger partial charge in [-0.05, 0) is 23.6 Å². The van der Waals surface area contributed by atoms with Crippen LogP contribution in [0.1, 0.15) is 23.2 Å². The molecule has 2 aromatic heterocycles. The highest BCUT2D eigenvalue weighted by molar-refractivity contribution is 7.08. The minimum absolute atomic E-state index is 0.0317. The average Bonchev–Trinajstić information content (AvgIpc) is 3.09. The third-order valence-electron chi connectivity index (χ3n) is 4.46. The molecule has 0 unspecified atom stereocenters. The molecule has 0 saturated carbocycles. The SMILES string of the molecule is O=C(c1ccsc1)N1CC2(C[C@@H](Oc3ncccc3F)CCO2)C1. The van der Waals surface area contributed by atoms with Crippen molar-refractivity contribution in [3.8, 4) is 5.88 Å². The Balaban J connectivity index is 1.38. The summed E-state index contributed by atoms with van der Waals surface area (Å²) in [6.45, 7) is 1.64. The van der Waals surface area contributed by atoms with Crippen molar-refractivity contribution < 1.29 is 18.7 Å². The van der Waals surface area contributed by atoms with E-state index in [-0.39, 0.29) is 23.5 Å². The van der Waals surface area contributed by atoms with Gasteiger partial charge in [0.2, 0.25) is 0 Å². The first kappa shape index (κ1) is 15.5. The lowest BCUT2D eigenvalue weighted by molar-refractivity contribution is -0.174. The second kappa shape index (κ2) is 6.14. The predicted octanol–water partition coefficient (Wildman–Crippen LogP) is 2.73. The van der Waals surface area contributed by atoms with Gasteiger partial charge < -0.3 is 14.4 Å². The molecule has 7 heteroatoms. The van der Waals surface area contributed by atoms with E-state index in [1.165, 1.54) is 29.7 Å². The third-order valence-corrected chi connectivity index (χ3v) is 5.15. The summed E-state index contributed by atoms with van der Waals surface area (Å²) < 4.78 is 25.3. The highest BCUT2D eigenvalue weighted by Crippen LogP contribution is 2.36. The first-order valence-corrected chi connectivity index (χ1v) is 8.82. The number of nitrogens with zero attached hydrogens (tertiary/aromatic N) is 2. The van der Waals surface area contributed by atoms with Crippen molar-refractivity contribution in [3.05, 3.63) is 46.5 Å². The van der Waals surface area contributed by atoms with Crippen molar-refractivity contribution in [1.82, 2.24) is 9.88 Å². The van der Waals surface area contributed by atoms with E-state index in [1.54, 1.807) is 4.90 Å². The molecule has 4 heterocycles. The minimum atomic E-state index is -0.457. The Morgan fingerprint density at radius 2 is 2.33 bits per heavy atom. The lowest BCUT2D eigenvalue weighted by atomic mass is 9.84. The molecule has 1 atom stereocenters. The second-order valence-corrected chi connectivity index (χ2v) is 7.01. The van der Waals surface area contributed by atoms with Gasteiger partial charge in [-0.3, -0.25) is 4.79 Å². The fraction of sp³-hybridized carbons (Fsp3) is 0.412. The molecule has 0 aliphatic carbocycles. The number of likely N-dealkylation sites (tertiary alicyclic amines) is 1. The number of hydrogen-bond donors (Lipinski definition) is 0. The zero-order chi connectivity index (χ0) is 16.6. The lowest BCUT2D eigenvalue weighted by Gasteiger charge is -2.52. The molecule has 0 radical (unpaired) electrons. The van der Waals surface area contributed by atoms with Gasteiger partial charge in [-0.15, -0.1) is 0 Å². The summed E-state index contributed by atoms with van der Waals surface area (Å²) in [6.07, 6.45) is 2.69. The quantitative estimate of drug-likeness (QED) is 0.856. The topological polar surface area (TPSA) is 51.7 Å². The lowest BCUT2D eigenvalue weighted by Crippen LogP contribution is -2.67. The van der Waals surface area contributed by atoms with Crippen LogP contribution in [0.4, 0.5) is 4.39 Å². The van der Waals surface area contributed by atoms with E-state index in [2.05, 4.69) is 4.98 Å². The van der Waals surface area contributed by atoms with Gasteiger partial charge >= 0.3 is 0 Å². The van der Waals surface area contributed by atoms with Crippen LogP contribution in [0.3, 0.4) is 0 Å². The van der Waals surface area contributed by atoms with E-state index < -0.39 is 5.82 Å². The first-order valence-electron chi connectivity index (χ1n) is 7.88. The van der Waals surface area contributed by atoms with Crippen molar-refractivity contribution in [2.45, 2.75) is 24.5 Å². The standard InChI is InChI=1S/C17H17FN2O3S/c18-14-2-1-5-19-15(14)23-13-3-6-22-17(8-13)10-20(11-17)16(21)12-4-7-24-9-12/h1-2,4-5,7,9,13H,3,6,8,10-11H2/t13-/m0/s1. The summed E-state index contributed by atoms with van der Waals surface area (Å²) in [7, 11) is 0. The van der Waals surface area contributed by atoms with Crippen LogP contribution in [0.5, 0.6) is 5.88 Å². The van der Waals surface area contributed by atoms with Crippen molar-refractivity contribution in [2.24, 2.45) is 0 Å². The maximum absolute atomic E-state index is 13.7. The molecule has 4 rings (SSSR count). The number of amides is 1.